The Kier molecular flexibility index (Phi) is 9.55. The summed E-state index contributed by atoms with van der Waals surface area (Å²) in [5.41, 5.74) is 2.37. The van der Waals surface area contributed by atoms with Crippen molar-refractivity contribution < 1.29 is 19.1 Å². The predicted molar refractivity (Wildman–Crippen MR) is 158 cm³/mol. The average molecular weight is 567 g/mol. The van der Waals surface area contributed by atoms with Crippen LogP contribution in [0.3, 0.4) is 0 Å². The highest BCUT2D eigenvalue weighted by Crippen LogP contribution is 2.18. The maximum Gasteiger partial charge on any atom is 0.407 e. The highest BCUT2D eigenvalue weighted by molar-refractivity contribution is 5.90. The Balaban J connectivity index is 1.43. The van der Waals surface area contributed by atoms with Gasteiger partial charge in [0, 0.05) is 25.0 Å². The molecular weight excluding hydrogens is 532 g/mol. The number of benzene rings is 3. The van der Waals surface area contributed by atoms with Crippen LogP contribution < -0.4 is 16.0 Å². The standard InChI is InChI=1S/C32H34N6O4/c1-32(2,3)42-31(41)36-19-28(30(40)35-17-25-9-6-8-24-7-4-5-10-27(24)25)37-29(39)15-26-18-34-21-38(26)20-23-13-11-22(16-33)12-14-23/h4-14,18,21,28H,15,17,19-20H2,1-3H3,(H,35,40)(H,36,41)(H,37,39)/t28-/m0/s1. The number of ether oxygens (including phenoxy) is 1. The maximum atomic E-state index is 13.3. The summed E-state index contributed by atoms with van der Waals surface area (Å²) < 4.78 is 7.13. The number of nitrogens with zero attached hydrogens (tertiary/aromatic N) is 3. The number of alkyl carbamates (subject to hydrolysis) is 1. The molecule has 0 fully saturated rings. The van der Waals surface area contributed by atoms with Crippen LogP contribution in [-0.4, -0.2) is 45.6 Å². The highest BCUT2D eigenvalue weighted by atomic mass is 16.6. The van der Waals surface area contributed by atoms with Crippen LogP contribution >= 0.6 is 0 Å². The molecule has 0 aliphatic carbocycles. The van der Waals surface area contributed by atoms with Gasteiger partial charge in [0.2, 0.25) is 11.8 Å². The Hall–Kier alpha value is -5.17. The highest BCUT2D eigenvalue weighted by Gasteiger charge is 2.24. The lowest BCUT2D eigenvalue weighted by Crippen LogP contribution is -2.53. The summed E-state index contributed by atoms with van der Waals surface area (Å²) in [6.07, 6.45) is 2.50. The van der Waals surface area contributed by atoms with Gasteiger partial charge in [0.25, 0.3) is 0 Å². The first-order valence-electron chi connectivity index (χ1n) is 13.6. The van der Waals surface area contributed by atoms with Gasteiger partial charge in [-0.1, -0.05) is 54.6 Å². The number of amides is 3. The molecule has 1 heterocycles. The molecule has 3 aromatic carbocycles. The van der Waals surface area contributed by atoms with Gasteiger partial charge in [-0.15, -0.1) is 0 Å². The fourth-order valence-corrected chi connectivity index (χ4v) is 4.39. The molecule has 0 saturated carbocycles. The number of rotatable bonds is 10. The van der Waals surface area contributed by atoms with Crippen LogP contribution in [0.2, 0.25) is 0 Å². The third kappa shape index (κ3) is 8.41. The van der Waals surface area contributed by atoms with Crippen molar-refractivity contribution in [2.24, 2.45) is 0 Å². The normalized spacial score (nSPS) is 11.8. The molecule has 0 radical (unpaired) electrons. The minimum absolute atomic E-state index is 0.0319. The van der Waals surface area contributed by atoms with E-state index < -0.39 is 29.6 Å². The zero-order valence-corrected chi connectivity index (χ0v) is 23.9. The van der Waals surface area contributed by atoms with E-state index in [1.807, 2.05) is 59.2 Å². The number of carbonyl (C=O) groups is 3. The van der Waals surface area contributed by atoms with E-state index in [1.165, 1.54) is 0 Å². The van der Waals surface area contributed by atoms with Crippen molar-refractivity contribution in [1.29, 1.82) is 5.26 Å². The Morgan fingerprint density at radius 1 is 1.00 bits per heavy atom. The minimum Gasteiger partial charge on any atom is -0.444 e. The van der Waals surface area contributed by atoms with E-state index in [9.17, 15) is 14.4 Å². The quantitative estimate of drug-likeness (QED) is 0.267. The number of fused-ring (bicyclic) bond motifs is 1. The summed E-state index contributed by atoms with van der Waals surface area (Å²) >= 11 is 0. The second kappa shape index (κ2) is 13.5. The smallest absolute Gasteiger partial charge is 0.407 e. The van der Waals surface area contributed by atoms with Gasteiger partial charge in [0.1, 0.15) is 11.6 Å². The first kappa shape index (κ1) is 29.8. The fourth-order valence-electron chi connectivity index (χ4n) is 4.39. The summed E-state index contributed by atoms with van der Waals surface area (Å²) in [6, 6.07) is 22.0. The molecule has 216 valence electrons. The number of nitriles is 1. The molecule has 3 amide bonds. The molecule has 1 aromatic heterocycles. The second-order valence-corrected chi connectivity index (χ2v) is 10.9. The molecule has 10 nitrogen and oxygen atoms in total. The van der Waals surface area contributed by atoms with Crippen LogP contribution in [-0.2, 0) is 33.8 Å². The monoisotopic (exact) mass is 566 g/mol. The van der Waals surface area contributed by atoms with Crippen molar-refractivity contribution >= 4 is 28.7 Å². The van der Waals surface area contributed by atoms with E-state index in [0.29, 0.717) is 17.8 Å². The molecule has 3 N–H and O–H groups in total. The molecular formula is C32H34N6O4. The fraction of sp³-hybridized carbons (Fsp3) is 0.281. The lowest BCUT2D eigenvalue weighted by molar-refractivity contribution is -0.128. The number of hydrogen-bond donors (Lipinski definition) is 3. The maximum absolute atomic E-state index is 13.3. The number of nitrogens with one attached hydrogen (secondary N) is 3. The largest absolute Gasteiger partial charge is 0.444 e. The Labute approximate surface area is 244 Å². The second-order valence-electron chi connectivity index (χ2n) is 10.9. The lowest BCUT2D eigenvalue weighted by Gasteiger charge is -2.22. The van der Waals surface area contributed by atoms with Crippen LogP contribution in [0.1, 0.15) is 43.2 Å². The molecule has 0 spiro atoms. The minimum atomic E-state index is -1.05. The predicted octanol–water partition coefficient (Wildman–Crippen LogP) is 3.82. The summed E-state index contributed by atoms with van der Waals surface area (Å²) in [6.45, 7) is 5.77. The van der Waals surface area contributed by atoms with E-state index in [4.69, 9.17) is 10.00 Å². The van der Waals surface area contributed by atoms with E-state index in [0.717, 1.165) is 21.9 Å². The molecule has 1 atom stereocenters. The van der Waals surface area contributed by atoms with Crippen molar-refractivity contribution in [3.63, 3.8) is 0 Å². The van der Waals surface area contributed by atoms with Gasteiger partial charge in [-0.25, -0.2) is 9.78 Å². The van der Waals surface area contributed by atoms with E-state index in [1.54, 1.807) is 45.4 Å². The van der Waals surface area contributed by atoms with Crippen LogP contribution in [0.15, 0.2) is 79.3 Å². The van der Waals surface area contributed by atoms with E-state index >= 15 is 0 Å². The Morgan fingerprint density at radius 3 is 2.48 bits per heavy atom. The molecule has 10 heteroatoms. The van der Waals surface area contributed by atoms with Gasteiger partial charge in [0.05, 0.1) is 30.9 Å². The summed E-state index contributed by atoms with van der Waals surface area (Å²) in [7, 11) is 0. The molecule has 4 aromatic rings. The number of imidazole rings is 1. The third-order valence-electron chi connectivity index (χ3n) is 6.41. The summed E-state index contributed by atoms with van der Waals surface area (Å²) in [4.78, 5) is 42.9. The average Bonchev–Trinajstić information content (AvgIpc) is 3.39. The van der Waals surface area contributed by atoms with Crippen LogP contribution in [0, 0.1) is 11.3 Å². The van der Waals surface area contributed by atoms with Gasteiger partial charge in [-0.3, -0.25) is 9.59 Å². The van der Waals surface area contributed by atoms with Crippen LogP contribution in [0.25, 0.3) is 10.8 Å². The van der Waals surface area contributed by atoms with E-state index in [-0.39, 0.29) is 19.5 Å². The molecule has 0 aliphatic rings. The topological polar surface area (TPSA) is 138 Å². The molecule has 4 rings (SSSR count). The summed E-state index contributed by atoms with van der Waals surface area (Å²) in [5, 5.41) is 19.3. The number of carbonyl (C=O) groups excluding carboxylic acids is 3. The zero-order valence-electron chi connectivity index (χ0n) is 23.9. The number of hydrogen-bond acceptors (Lipinski definition) is 6. The van der Waals surface area contributed by atoms with Gasteiger partial charge >= 0.3 is 6.09 Å². The van der Waals surface area contributed by atoms with E-state index in [2.05, 4.69) is 27.0 Å². The van der Waals surface area contributed by atoms with Gasteiger partial charge in [0.15, 0.2) is 0 Å². The SMILES string of the molecule is CC(C)(C)OC(=O)NC[C@H](NC(=O)Cc1cncn1Cc1ccc(C#N)cc1)C(=O)NCc1cccc2ccccc12. The van der Waals surface area contributed by atoms with Gasteiger partial charge in [-0.05, 0) is 54.8 Å². The van der Waals surface area contributed by atoms with Crippen molar-refractivity contribution in [2.75, 3.05) is 6.54 Å². The van der Waals surface area contributed by atoms with Gasteiger partial charge in [-0.2, -0.15) is 5.26 Å². The summed E-state index contributed by atoms with van der Waals surface area (Å²) in [5.74, 6) is -0.855. The molecule has 0 aliphatic heterocycles. The first-order valence-corrected chi connectivity index (χ1v) is 13.6. The molecule has 0 saturated heterocycles. The van der Waals surface area contributed by atoms with Crippen LogP contribution in [0.4, 0.5) is 4.79 Å². The molecule has 42 heavy (non-hydrogen) atoms. The zero-order chi connectivity index (χ0) is 30.1. The lowest BCUT2D eigenvalue weighted by atomic mass is 10.0. The van der Waals surface area contributed by atoms with Gasteiger partial charge < -0.3 is 25.3 Å². The third-order valence-corrected chi connectivity index (χ3v) is 6.41. The Bertz CT molecular complexity index is 1590. The first-order chi connectivity index (χ1) is 20.1. The number of aromatic nitrogens is 2. The van der Waals surface area contributed by atoms with Crippen molar-refractivity contribution in [3.8, 4) is 6.07 Å². The van der Waals surface area contributed by atoms with Crippen LogP contribution in [0.5, 0.6) is 0 Å². The van der Waals surface area contributed by atoms with Crippen molar-refractivity contribution in [2.45, 2.75) is 51.9 Å². The molecule has 0 unspecified atom stereocenters. The molecule has 0 bridgehead atoms. The Morgan fingerprint density at radius 2 is 1.74 bits per heavy atom. The van der Waals surface area contributed by atoms with Crippen molar-refractivity contribution in [3.05, 3.63) is 102 Å². The van der Waals surface area contributed by atoms with Crippen molar-refractivity contribution in [1.82, 2.24) is 25.5 Å².